The van der Waals surface area contributed by atoms with Crippen LogP contribution in [-0.2, 0) is 15.1 Å². The van der Waals surface area contributed by atoms with Gasteiger partial charge in [0.05, 0.1) is 0 Å². The fraction of sp³-hybridized carbons (Fsp3) is 0.0800. The van der Waals surface area contributed by atoms with Crippen molar-refractivity contribution in [1.29, 1.82) is 0 Å². The van der Waals surface area contributed by atoms with E-state index in [1.807, 2.05) is 12.1 Å². The van der Waals surface area contributed by atoms with Crippen molar-refractivity contribution in [3.05, 3.63) is 114 Å². The number of imide groups is 1. The third-order valence-corrected chi connectivity index (χ3v) is 5.28. The zero-order valence-corrected chi connectivity index (χ0v) is 17.2. The van der Waals surface area contributed by atoms with Gasteiger partial charge in [-0.25, -0.2) is 9.18 Å². The molecule has 2 N–H and O–H groups in total. The van der Waals surface area contributed by atoms with Crippen LogP contribution in [0.4, 0.5) is 9.18 Å². The number of rotatable bonds is 5. The number of amides is 4. The molecule has 0 bridgehead atoms. The summed E-state index contributed by atoms with van der Waals surface area (Å²) in [7, 11) is 0. The lowest BCUT2D eigenvalue weighted by molar-refractivity contribution is -0.136. The fourth-order valence-corrected chi connectivity index (χ4v) is 3.72. The molecule has 1 heterocycles. The highest BCUT2D eigenvalue weighted by atomic mass is 19.1. The van der Waals surface area contributed by atoms with E-state index in [1.54, 1.807) is 61.5 Å². The van der Waals surface area contributed by atoms with Gasteiger partial charge in [0.2, 0.25) is 0 Å². The summed E-state index contributed by atoms with van der Waals surface area (Å²) in [5.74, 6) is -1.75. The van der Waals surface area contributed by atoms with Gasteiger partial charge in [-0.15, -0.1) is 0 Å². The number of nitrogens with zero attached hydrogens (tertiary/aromatic N) is 1. The first kappa shape index (κ1) is 21.0. The quantitative estimate of drug-likeness (QED) is 0.479. The Labute approximate surface area is 184 Å². The monoisotopic (exact) mass is 429 g/mol. The number of hydrazine groups is 1. The minimum absolute atomic E-state index is 0.430. The summed E-state index contributed by atoms with van der Waals surface area (Å²) in [6.07, 6.45) is 1.21. The number of benzene rings is 3. The first-order chi connectivity index (χ1) is 15.4. The van der Waals surface area contributed by atoms with Crippen LogP contribution < -0.4 is 10.7 Å². The van der Waals surface area contributed by atoms with E-state index in [0.717, 1.165) is 0 Å². The molecule has 4 rings (SSSR count). The normalized spacial score (nSPS) is 15.4. The molecule has 0 unspecified atom stereocenters. The van der Waals surface area contributed by atoms with Gasteiger partial charge in [0, 0.05) is 6.08 Å². The molecule has 160 valence electrons. The molecule has 0 radical (unpaired) electrons. The highest BCUT2D eigenvalue weighted by Crippen LogP contribution is 2.35. The molecule has 4 amide bonds. The highest BCUT2D eigenvalue weighted by Gasteiger charge is 2.54. The van der Waals surface area contributed by atoms with Crippen LogP contribution in [0.25, 0.3) is 5.57 Å². The molecule has 0 aromatic heterocycles. The van der Waals surface area contributed by atoms with E-state index in [2.05, 4.69) is 10.7 Å². The minimum Gasteiger partial charge on any atom is -0.314 e. The molecule has 0 saturated carbocycles. The summed E-state index contributed by atoms with van der Waals surface area (Å²) < 4.78 is 13.5. The van der Waals surface area contributed by atoms with Crippen molar-refractivity contribution in [3.63, 3.8) is 0 Å². The maximum Gasteiger partial charge on any atom is 0.344 e. The Balaban J connectivity index is 1.65. The van der Waals surface area contributed by atoms with Gasteiger partial charge >= 0.3 is 6.03 Å². The number of hydrogen-bond acceptors (Lipinski definition) is 3. The number of allylic oxidation sites excluding steroid dienone is 1. The average Bonchev–Trinajstić information content (AvgIpc) is 3.06. The Bertz CT molecular complexity index is 1170. The lowest BCUT2D eigenvalue weighted by atomic mass is 9.83. The van der Waals surface area contributed by atoms with E-state index in [0.29, 0.717) is 27.3 Å². The van der Waals surface area contributed by atoms with E-state index in [4.69, 9.17) is 0 Å². The van der Waals surface area contributed by atoms with Gasteiger partial charge < -0.3 is 5.32 Å². The topological polar surface area (TPSA) is 78.5 Å². The number of halogens is 1. The number of hydrogen-bond donors (Lipinski definition) is 2. The molecule has 0 aliphatic carbocycles. The zero-order chi connectivity index (χ0) is 22.7. The summed E-state index contributed by atoms with van der Waals surface area (Å²) >= 11 is 0. The largest absolute Gasteiger partial charge is 0.344 e. The van der Waals surface area contributed by atoms with Gasteiger partial charge in [-0.1, -0.05) is 72.8 Å². The minimum atomic E-state index is -1.48. The van der Waals surface area contributed by atoms with Crippen LogP contribution in [0.5, 0.6) is 0 Å². The SMILES string of the molecule is C/C(=C\C(=O)NN1C(=O)NC(c2ccccc2)(c2ccccc2)C1=O)c1cccc(F)c1. The third kappa shape index (κ3) is 3.76. The van der Waals surface area contributed by atoms with E-state index in [1.165, 1.54) is 24.3 Å². The van der Waals surface area contributed by atoms with Gasteiger partial charge in [-0.3, -0.25) is 15.0 Å². The molecule has 1 aliphatic rings. The summed E-state index contributed by atoms with van der Waals surface area (Å²) in [6, 6.07) is 22.7. The van der Waals surface area contributed by atoms with Crippen molar-refractivity contribution in [2.24, 2.45) is 0 Å². The van der Waals surface area contributed by atoms with Crippen molar-refractivity contribution < 1.29 is 18.8 Å². The number of carbonyl (C=O) groups is 3. The predicted octanol–water partition coefficient (Wildman–Crippen LogP) is 3.76. The maximum atomic E-state index is 13.5. The Hall–Kier alpha value is -4.26. The van der Waals surface area contributed by atoms with Crippen molar-refractivity contribution in [2.45, 2.75) is 12.5 Å². The predicted molar refractivity (Wildman–Crippen MR) is 117 cm³/mol. The van der Waals surface area contributed by atoms with Crippen LogP contribution in [0.3, 0.4) is 0 Å². The molecular weight excluding hydrogens is 409 g/mol. The van der Waals surface area contributed by atoms with Crippen molar-refractivity contribution >= 4 is 23.4 Å². The molecule has 6 nitrogen and oxygen atoms in total. The maximum absolute atomic E-state index is 13.5. The number of carbonyl (C=O) groups excluding carboxylic acids is 3. The molecule has 3 aromatic rings. The van der Waals surface area contributed by atoms with Gasteiger partial charge in [0.15, 0.2) is 5.54 Å². The second kappa shape index (κ2) is 8.47. The van der Waals surface area contributed by atoms with Crippen molar-refractivity contribution in [2.75, 3.05) is 0 Å². The third-order valence-electron chi connectivity index (χ3n) is 5.28. The van der Waals surface area contributed by atoms with Gasteiger partial charge in [-0.2, -0.15) is 5.01 Å². The summed E-state index contributed by atoms with van der Waals surface area (Å²) in [6.45, 7) is 1.64. The van der Waals surface area contributed by atoms with Crippen molar-refractivity contribution in [3.8, 4) is 0 Å². The van der Waals surface area contributed by atoms with E-state index >= 15 is 0 Å². The Morgan fingerprint density at radius 1 is 0.938 bits per heavy atom. The van der Waals surface area contributed by atoms with Crippen molar-refractivity contribution in [1.82, 2.24) is 15.8 Å². The molecule has 1 fully saturated rings. The summed E-state index contributed by atoms with van der Waals surface area (Å²) in [5.41, 5.74) is 2.99. The molecule has 0 atom stereocenters. The molecule has 3 aromatic carbocycles. The standard InChI is InChI=1S/C25H20FN3O3/c1-17(18-9-8-14-21(26)16-18)15-22(30)28-29-23(31)25(27-24(29)32,19-10-4-2-5-11-19)20-12-6-3-7-13-20/h2-16H,1H3,(H,27,32)(H,28,30)/b17-15+. The average molecular weight is 429 g/mol. The van der Waals surface area contributed by atoms with Crippen LogP contribution in [0.15, 0.2) is 91.0 Å². The van der Waals surface area contributed by atoms with Gasteiger partial charge in [0.25, 0.3) is 11.8 Å². The number of urea groups is 1. The Morgan fingerprint density at radius 2 is 1.53 bits per heavy atom. The van der Waals surface area contributed by atoms with Gasteiger partial charge in [-0.05, 0) is 41.3 Å². The smallest absolute Gasteiger partial charge is 0.314 e. The number of nitrogens with one attached hydrogen (secondary N) is 2. The van der Waals surface area contributed by atoms with E-state index in [9.17, 15) is 18.8 Å². The Kier molecular flexibility index (Phi) is 5.55. The molecule has 1 saturated heterocycles. The molecular formula is C25H20FN3O3. The zero-order valence-electron chi connectivity index (χ0n) is 17.2. The fourth-order valence-electron chi connectivity index (χ4n) is 3.72. The van der Waals surface area contributed by atoms with Crippen LogP contribution in [0, 0.1) is 5.82 Å². The lowest BCUT2D eigenvalue weighted by Crippen LogP contribution is -2.48. The molecule has 0 spiro atoms. The first-order valence-electron chi connectivity index (χ1n) is 9.94. The lowest BCUT2D eigenvalue weighted by Gasteiger charge is -2.27. The highest BCUT2D eigenvalue weighted by molar-refractivity contribution is 6.11. The first-order valence-corrected chi connectivity index (χ1v) is 9.94. The van der Waals surface area contributed by atoms with Crippen LogP contribution in [0.1, 0.15) is 23.6 Å². The van der Waals surface area contributed by atoms with Crippen LogP contribution in [0.2, 0.25) is 0 Å². The van der Waals surface area contributed by atoms with Crippen LogP contribution >= 0.6 is 0 Å². The van der Waals surface area contributed by atoms with E-state index in [-0.39, 0.29) is 0 Å². The molecule has 7 heteroatoms. The molecule has 32 heavy (non-hydrogen) atoms. The second-order valence-corrected chi connectivity index (χ2v) is 7.37. The summed E-state index contributed by atoms with van der Waals surface area (Å²) in [4.78, 5) is 38.9. The molecule has 1 aliphatic heterocycles. The summed E-state index contributed by atoms with van der Waals surface area (Å²) in [5, 5.41) is 3.43. The second-order valence-electron chi connectivity index (χ2n) is 7.37. The van der Waals surface area contributed by atoms with E-state index < -0.39 is 29.2 Å². The van der Waals surface area contributed by atoms with Crippen LogP contribution in [-0.4, -0.2) is 22.9 Å². The van der Waals surface area contributed by atoms with Gasteiger partial charge in [0.1, 0.15) is 5.82 Å². The Morgan fingerprint density at radius 3 is 2.09 bits per heavy atom.